The predicted octanol–water partition coefficient (Wildman–Crippen LogP) is 3.39. The van der Waals surface area contributed by atoms with E-state index in [9.17, 15) is 5.11 Å². The second kappa shape index (κ2) is 10.1. The summed E-state index contributed by atoms with van der Waals surface area (Å²) in [6.07, 6.45) is 0.788. The molecule has 1 saturated heterocycles. The second-order valence-electron chi connectivity index (χ2n) is 7.86. The van der Waals surface area contributed by atoms with Crippen molar-refractivity contribution in [2.75, 3.05) is 40.5 Å². The average molecular weight is 399 g/mol. The molecule has 158 valence electrons. The molecule has 29 heavy (non-hydrogen) atoms. The second-order valence-corrected chi connectivity index (χ2v) is 7.86. The van der Waals surface area contributed by atoms with Crippen molar-refractivity contribution in [3.63, 3.8) is 0 Å². The molecule has 0 unspecified atom stereocenters. The summed E-state index contributed by atoms with van der Waals surface area (Å²) in [4.78, 5) is 4.99. The number of para-hydroxylation sites is 1. The van der Waals surface area contributed by atoms with E-state index in [0.717, 1.165) is 50.6 Å². The maximum absolute atomic E-state index is 9.65. The monoisotopic (exact) mass is 398 g/mol. The number of aliphatic hydroxyl groups excluding tert-OH is 1. The van der Waals surface area contributed by atoms with Crippen molar-refractivity contribution in [1.29, 1.82) is 0 Å². The van der Waals surface area contributed by atoms with Crippen LogP contribution in [0.2, 0.25) is 0 Å². The fourth-order valence-electron chi connectivity index (χ4n) is 4.27. The van der Waals surface area contributed by atoms with Crippen LogP contribution in [0.1, 0.15) is 28.7 Å². The van der Waals surface area contributed by atoms with Crippen molar-refractivity contribution in [3.05, 3.63) is 58.7 Å². The van der Waals surface area contributed by atoms with Crippen LogP contribution >= 0.6 is 0 Å². The Kier molecular flexibility index (Phi) is 7.53. The van der Waals surface area contributed by atoms with E-state index in [1.54, 1.807) is 14.2 Å². The molecule has 1 fully saturated rings. The van der Waals surface area contributed by atoms with Gasteiger partial charge in [-0.05, 0) is 49.1 Å². The number of benzene rings is 2. The smallest absolute Gasteiger partial charge is 0.123 e. The van der Waals surface area contributed by atoms with Crippen molar-refractivity contribution in [1.82, 2.24) is 9.80 Å². The minimum Gasteiger partial charge on any atom is -0.496 e. The first-order valence-electron chi connectivity index (χ1n) is 10.4. The first-order chi connectivity index (χ1) is 14.1. The molecular weight excluding hydrogens is 364 g/mol. The number of methoxy groups -OCH3 is 2. The Morgan fingerprint density at radius 3 is 2.38 bits per heavy atom. The zero-order chi connectivity index (χ0) is 20.8. The van der Waals surface area contributed by atoms with Crippen LogP contribution in [-0.4, -0.2) is 61.4 Å². The summed E-state index contributed by atoms with van der Waals surface area (Å²) in [7, 11) is 3.45. The van der Waals surface area contributed by atoms with Crippen LogP contribution in [0.5, 0.6) is 11.5 Å². The summed E-state index contributed by atoms with van der Waals surface area (Å²) < 4.78 is 11.0. The van der Waals surface area contributed by atoms with Gasteiger partial charge in [-0.25, -0.2) is 0 Å². The molecule has 2 aromatic rings. The van der Waals surface area contributed by atoms with Crippen molar-refractivity contribution in [2.24, 2.45) is 0 Å². The number of hydrogen-bond donors (Lipinski definition) is 1. The topological polar surface area (TPSA) is 45.2 Å². The third-order valence-corrected chi connectivity index (χ3v) is 6.18. The molecule has 0 saturated carbocycles. The summed E-state index contributed by atoms with van der Waals surface area (Å²) in [5.74, 6) is 1.89. The lowest BCUT2D eigenvalue weighted by atomic mass is 10.00. The summed E-state index contributed by atoms with van der Waals surface area (Å²) in [6, 6.07) is 12.8. The third-order valence-electron chi connectivity index (χ3n) is 6.18. The largest absolute Gasteiger partial charge is 0.496 e. The molecular formula is C24H34N2O3. The first-order valence-corrected chi connectivity index (χ1v) is 10.4. The highest BCUT2D eigenvalue weighted by Gasteiger charge is 2.27. The van der Waals surface area contributed by atoms with Crippen LogP contribution < -0.4 is 9.47 Å². The molecule has 0 spiro atoms. The van der Waals surface area contributed by atoms with E-state index in [1.807, 2.05) is 12.1 Å². The quantitative estimate of drug-likeness (QED) is 0.739. The van der Waals surface area contributed by atoms with Crippen molar-refractivity contribution >= 4 is 0 Å². The molecule has 2 aromatic carbocycles. The molecule has 0 aliphatic carbocycles. The third kappa shape index (κ3) is 5.10. The molecule has 3 rings (SSSR count). The molecule has 5 nitrogen and oxygen atoms in total. The number of ether oxygens (including phenoxy) is 2. The van der Waals surface area contributed by atoms with Gasteiger partial charge in [-0.1, -0.05) is 24.3 Å². The van der Waals surface area contributed by atoms with Crippen molar-refractivity contribution < 1.29 is 14.6 Å². The summed E-state index contributed by atoms with van der Waals surface area (Å²) in [5, 5.41) is 9.65. The molecule has 1 atom stereocenters. The van der Waals surface area contributed by atoms with Gasteiger partial charge in [-0.2, -0.15) is 0 Å². The lowest BCUT2D eigenvalue weighted by Crippen LogP contribution is -2.52. The SMILES string of the molecule is COc1ccccc1CN1CCN(Cc2ccc(OC)c(C)c2C)[C@@H](CCO)C1. The highest BCUT2D eigenvalue weighted by Crippen LogP contribution is 2.27. The Morgan fingerprint density at radius 2 is 1.66 bits per heavy atom. The number of piperazine rings is 1. The highest BCUT2D eigenvalue weighted by molar-refractivity contribution is 5.43. The van der Waals surface area contributed by atoms with Crippen LogP contribution in [0, 0.1) is 13.8 Å². The van der Waals surface area contributed by atoms with E-state index in [4.69, 9.17) is 9.47 Å². The summed E-state index contributed by atoms with van der Waals surface area (Å²) >= 11 is 0. The Bertz CT molecular complexity index is 809. The van der Waals surface area contributed by atoms with E-state index in [-0.39, 0.29) is 6.61 Å². The molecule has 0 radical (unpaired) electrons. The van der Waals surface area contributed by atoms with Gasteiger partial charge in [-0.3, -0.25) is 9.80 Å². The number of nitrogens with zero attached hydrogens (tertiary/aromatic N) is 2. The Labute approximate surface area is 174 Å². The Hall–Kier alpha value is -2.08. The maximum atomic E-state index is 9.65. The molecule has 5 heteroatoms. The number of aliphatic hydroxyl groups is 1. The van der Waals surface area contributed by atoms with Gasteiger partial charge >= 0.3 is 0 Å². The van der Waals surface area contributed by atoms with Gasteiger partial charge in [0, 0.05) is 50.9 Å². The van der Waals surface area contributed by atoms with Crippen LogP contribution in [0.3, 0.4) is 0 Å². The molecule has 0 bridgehead atoms. The van der Waals surface area contributed by atoms with Crippen LogP contribution in [-0.2, 0) is 13.1 Å². The summed E-state index contributed by atoms with van der Waals surface area (Å²) in [6.45, 7) is 9.24. The molecule has 1 N–H and O–H groups in total. The van der Waals surface area contributed by atoms with Crippen LogP contribution in [0.15, 0.2) is 36.4 Å². The van der Waals surface area contributed by atoms with E-state index < -0.39 is 0 Å². The lowest BCUT2D eigenvalue weighted by Gasteiger charge is -2.42. The van der Waals surface area contributed by atoms with Gasteiger partial charge in [0.15, 0.2) is 0 Å². The van der Waals surface area contributed by atoms with Crippen molar-refractivity contribution in [2.45, 2.75) is 39.4 Å². The normalized spacial score (nSPS) is 18.0. The fraction of sp³-hybridized carbons (Fsp3) is 0.500. The van der Waals surface area contributed by atoms with Crippen LogP contribution in [0.25, 0.3) is 0 Å². The minimum atomic E-state index is 0.213. The number of hydrogen-bond acceptors (Lipinski definition) is 5. The maximum Gasteiger partial charge on any atom is 0.123 e. The predicted molar refractivity (Wildman–Crippen MR) is 117 cm³/mol. The average Bonchev–Trinajstić information content (AvgIpc) is 2.74. The fourth-order valence-corrected chi connectivity index (χ4v) is 4.27. The Morgan fingerprint density at radius 1 is 0.897 bits per heavy atom. The zero-order valence-corrected chi connectivity index (χ0v) is 18.1. The van der Waals surface area contributed by atoms with Gasteiger partial charge in [0.05, 0.1) is 14.2 Å². The van der Waals surface area contributed by atoms with Crippen LogP contribution in [0.4, 0.5) is 0 Å². The molecule has 0 amide bonds. The molecule has 1 heterocycles. The van der Waals surface area contributed by atoms with Gasteiger partial charge in [0.2, 0.25) is 0 Å². The zero-order valence-electron chi connectivity index (χ0n) is 18.1. The minimum absolute atomic E-state index is 0.213. The molecule has 1 aliphatic rings. The number of rotatable bonds is 8. The van der Waals surface area contributed by atoms with E-state index >= 15 is 0 Å². The van der Waals surface area contributed by atoms with E-state index in [0.29, 0.717) is 6.04 Å². The van der Waals surface area contributed by atoms with E-state index in [1.165, 1.54) is 22.3 Å². The first kappa shape index (κ1) is 21.6. The van der Waals surface area contributed by atoms with Gasteiger partial charge < -0.3 is 14.6 Å². The molecule has 1 aliphatic heterocycles. The van der Waals surface area contributed by atoms with E-state index in [2.05, 4.69) is 47.9 Å². The molecule has 0 aromatic heterocycles. The van der Waals surface area contributed by atoms with Crippen molar-refractivity contribution in [3.8, 4) is 11.5 Å². The summed E-state index contributed by atoms with van der Waals surface area (Å²) in [5.41, 5.74) is 5.05. The van der Waals surface area contributed by atoms with Gasteiger partial charge in [-0.15, -0.1) is 0 Å². The van der Waals surface area contributed by atoms with Gasteiger partial charge in [0.1, 0.15) is 11.5 Å². The highest BCUT2D eigenvalue weighted by atomic mass is 16.5. The lowest BCUT2D eigenvalue weighted by molar-refractivity contribution is 0.0495. The Balaban J connectivity index is 1.70. The standard InChI is InChI=1S/C24H34N2O3/c1-18-19(2)23(28-3)10-9-20(18)16-26-13-12-25(17-22(26)11-14-27)15-21-7-5-6-8-24(21)29-4/h5-10,22,27H,11-17H2,1-4H3/t22-/m0/s1. The van der Waals surface area contributed by atoms with Gasteiger partial charge in [0.25, 0.3) is 0 Å².